The van der Waals surface area contributed by atoms with E-state index in [9.17, 15) is 14.9 Å². The van der Waals surface area contributed by atoms with Crippen molar-refractivity contribution in [1.29, 1.82) is 0 Å². The van der Waals surface area contributed by atoms with Crippen molar-refractivity contribution in [2.24, 2.45) is 0 Å². The van der Waals surface area contributed by atoms with Crippen LogP contribution in [0.2, 0.25) is 0 Å². The van der Waals surface area contributed by atoms with E-state index in [0.717, 1.165) is 0 Å². The molecule has 3 rings (SSSR count). The molecule has 0 bridgehead atoms. The van der Waals surface area contributed by atoms with Gasteiger partial charge in [0.05, 0.1) is 24.2 Å². The topological polar surface area (TPSA) is 99.9 Å². The van der Waals surface area contributed by atoms with Gasteiger partial charge < -0.3 is 19.5 Å². The lowest BCUT2D eigenvalue weighted by molar-refractivity contribution is -0.385. The van der Waals surface area contributed by atoms with Crippen molar-refractivity contribution >= 4 is 11.6 Å². The molecule has 1 heterocycles. The van der Waals surface area contributed by atoms with E-state index in [2.05, 4.69) is 5.32 Å². The fourth-order valence-corrected chi connectivity index (χ4v) is 2.62. The highest BCUT2D eigenvalue weighted by molar-refractivity contribution is 5.96. The van der Waals surface area contributed by atoms with Crippen LogP contribution in [0.15, 0.2) is 36.4 Å². The van der Waals surface area contributed by atoms with Crippen LogP contribution < -0.4 is 14.8 Å². The van der Waals surface area contributed by atoms with E-state index in [1.807, 2.05) is 0 Å². The minimum absolute atomic E-state index is 0.0677. The average Bonchev–Trinajstić information content (AvgIpc) is 2.65. The van der Waals surface area contributed by atoms with Crippen molar-refractivity contribution in [3.05, 3.63) is 63.2 Å². The second-order valence-electron chi connectivity index (χ2n) is 5.34. The summed E-state index contributed by atoms with van der Waals surface area (Å²) >= 11 is 0. The number of hydrogen-bond donors (Lipinski definition) is 1. The van der Waals surface area contributed by atoms with Gasteiger partial charge in [0.1, 0.15) is 11.5 Å². The third kappa shape index (κ3) is 3.53. The van der Waals surface area contributed by atoms with Crippen molar-refractivity contribution in [2.75, 3.05) is 13.9 Å². The number of carbonyl (C=O) groups is 1. The first-order chi connectivity index (χ1) is 12.1. The third-order valence-electron chi connectivity index (χ3n) is 3.77. The number of rotatable bonds is 5. The molecule has 0 spiro atoms. The molecule has 8 nitrogen and oxygen atoms in total. The highest BCUT2D eigenvalue weighted by atomic mass is 16.7. The Morgan fingerprint density at radius 1 is 1.36 bits per heavy atom. The number of nitrogens with zero attached hydrogens (tertiary/aromatic N) is 1. The van der Waals surface area contributed by atoms with Crippen molar-refractivity contribution in [2.45, 2.75) is 13.2 Å². The molecular formula is C17H16N2O6. The first kappa shape index (κ1) is 16.7. The van der Waals surface area contributed by atoms with Crippen LogP contribution in [0.25, 0.3) is 0 Å². The van der Waals surface area contributed by atoms with Crippen LogP contribution in [0.4, 0.5) is 5.69 Å². The smallest absolute Gasteiger partial charge is 0.270 e. The number of amides is 1. The molecule has 1 aliphatic rings. The zero-order valence-corrected chi connectivity index (χ0v) is 13.5. The van der Waals surface area contributed by atoms with Crippen molar-refractivity contribution in [1.82, 2.24) is 5.32 Å². The predicted octanol–water partition coefficient (Wildman–Crippen LogP) is 2.40. The zero-order chi connectivity index (χ0) is 17.8. The Balaban J connectivity index is 1.84. The summed E-state index contributed by atoms with van der Waals surface area (Å²) < 4.78 is 15.8. The number of ether oxygens (including phenoxy) is 3. The monoisotopic (exact) mass is 344 g/mol. The van der Waals surface area contributed by atoms with Gasteiger partial charge in [-0.3, -0.25) is 14.9 Å². The summed E-state index contributed by atoms with van der Waals surface area (Å²) in [4.78, 5) is 23.0. The molecule has 0 radical (unpaired) electrons. The van der Waals surface area contributed by atoms with Crippen LogP contribution in [0.5, 0.6) is 11.5 Å². The van der Waals surface area contributed by atoms with E-state index in [-0.39, 0.29) is 31.5 Å². The number of nitro benzene ring substituents is 1. The zero-order valence-electron chi connectivity index (χ0n) is 13.5. The fraction of sp³-hybridized carbons (Fsp3) is 0.235. The maximum atomic E-state index is 12.4. The molecule has 1 amide bonds. The Morgan fingerprint density at radius 3 is 2.92 bits per heavy atom. The summed E-state index contributed by atoms with van der Waals surface area (Å²) in [5, 5.41) is 13.8. The van der Waals surface area contributed by atoms with Crippen LogP contribution in [-0.4, -0.2) is 24.7 Å². The van der Waals surface area contributed by atoms with Gasteiger partial charge in [0.25, 0.3) is 11.6 Å². The molecule has 25 heavy (non-hydrogen) atoms. The van der Waals surface area contributed by atoms with E-state index in [1.165, 1.54) is 19.2 Å². The molecule has 0 unspecified atom stereocenters. The van der Waals surface area contributed by atoms with E-state index < -0.39 is 4.92 Å². The number of nitrogens with one attached hydrogen (secondary N) is 1. The van der Waals surface area contributed by atoms with Crippen LogP contribution >= 0.6 is 0 Å². The van der Waals surface area contributed by atoms with Crippen LogP contribution in [0.1, 0.15) is 21.5 Å². The second kappa shape index (κ2) is 7.18. The number of benzene rings is 2. The SMILES string of the molecule is COc1ccccc1C(=O)NCc1cc([N+](=O)[O-])cc2c1OCOC2. The first-order valence-corrected chi connectivity index (χ1v) is 7.52. The highest BCUT2D eigenvalue weighted by Gasteiger charge is 2.21. The summed E-state index contributed by atoms with van der Waals surface area (Å²) in [5.41, 5.74) is 1.42. The number of carbonyl (C=O) groups excluding carboxylic acids is 1. The Bertz CT molecular complexity index is 821. The number of hydrogen-bond acceptors (Lipinski definition) is 6. The van der Waals surface area contributed by atoms with Gasteiger partial charge in [-0.1, -0.05) is 12.1 Å². The van der Waals surface area contributed by atoms with Crippen LogP contribution in [0.3, 0.4) is 0 Å². The first-order valence-electron chi connectivity index (χ1n) is 7.52. The predicted molar refractivity (Wildman–Crippen MR) is 87.5 cm³/mol. The Hall–Kier alpha value is -3.13. The highest BCUT2D eigenvalue weighted by Crippen LogP contribution is 2.32. The molecule has 1 N–H and O–H groups in total. The quantitative estimate of drug-likeness (QED) is 0.660. The van der Waals surface area contributed by atoms with Gasteiger partial charge in [-0.05, 0) is 12.1 Å². The molecule has 0 saturated heterocycles. The lowest BCUT2D eigenvalue weighted by Gasteiger charge is -2.20. The van der Waals surface area contributed by atoms with Crippen molar-refractivity contribution < 1.29 is 23.9 Å². The molecule has 2 aromatic carbocycles. The molecule has 2 aromatic rings. The van der Waals surface area contributed by atoms with Gasteiger partial charge in [0.2, 0.25) is 0 Å². The maximum absolute atomic E-state index is 12.4. The molecule has 0 aromatic heterocycles. The average molecular weight is 344 g/mol. The molecule has 0 saturated carbocycles. The number of nitro groups is 1. The molecule has 130 valence electrons. The van der Waals surface area contributed by atoms with Gasteiger partial charge in [-0.15, -0.1) is 0 Å². The van der Waals surface area contributed by atoms with Gasteiger partial charge in [-0.2, -0.15) is 0 Å². The van der Waals surface area contributed by atoms with Crippen LogP contribution in [-0.2, 0) is 17.9 Å². The number of methoxy groups -OCH3 is 1. The lowest BCUT2D eigenvalue weighted by Crippen LogP contribution is -2.24. The normalized spacial score (nSPS) is 12.7. The second-order valence-corrected chi connectivity index (χ2v) is 5.34. The summed E-state index contributed by atoms with van der Waals surface area (Å²) in [5.74, 6) is 0.618. The standard InChI is InChI=1S/C17H16N2O6/c1-23-15-5-3-2-4-14(15)17(20)18-8-11-6-13(19(21)22)7-12-9-24-10-25-16(11)12/h2-7H,8-10H2,1H3,(H,18,20). The Kier molecular flexibility index (Phi) is 4.80. The van der Waals surface area contributed by atoms with E-state index >= 15 is 0 Å². The molecule has 1 aliphatic heterocycles. The van der Waals surface area contributed by atoms with Crippen molar-refractivity contribution in [3.8, 4) is 11.5 Å². The van der Waals surface area contributed by atoms with Gasteiger partial charge in [0.15, 0.2) is 6.79 Å². The number of fused-ring (bicyclic) bond motifs is 1. The lowest BCUT2D eigenvalue weighted by atomic mass is 10.1. The molecule has 0 aliphatic carbocycles. The maximum Gasteiger partial charge on any atom is 0.270 e. The Labute approximate surface area is 143 Å². The van der Waals surface area contributed by atoms with E-state index in [4.69, 9.17) is 14.2 Å². The molecular weight excluding hydrogens is 328 g/mol. The third-order valence-corrected chi connectivity index (χ3v) is 3.77. The van der Waals surface area contributed by atoms with E-state index in [1.54, 1.807) is 24.3 Å². The largest absolute Gasteiger partial charge is 0.496 e. The molecule has 0 fully saturated rings. The number of non-ortho nitro benzene ring substituents is 1. The minimum Gasteiger partial charge on any atom is -0.496 e. The fourth-order valence-electron chi connectivity index (χ4n) is 2.62. The van der Waals surface area contributed by atoms with Gasteiger partial charge in [-0.25, -0.2) is 0 Å². The summed E-state index contributed by atoms with van der Waals surface area (Å²) in [6.07, 6.45) is 0. The van der Waals surface area contributed by atoms with Crippen LogP contribution in [0, 0.1) is 10.1 Å². The minimum atomic E-state index is -0.486. The molecule has 0 atom stereocenters. The Morgan fingerprint density at radius 2 is 2.16 bits per heavy atom. The summed E-state index contributed by atoms with van der Waals surface area (Å²) in [6, 6.07) is 9.63. The van der Waals surface area contributed by atoms with Gasteiger partial charge in [0, 0.05) is 29.8 Å². The summed E-state index contributed by atoms with van der Waals surface area (Å²) in [7, 11) is 1.48. The van der Waals surface area contributed by atoms with E-state index in [0.29, 0.717) is 28.2 Å². The van der Waals surface area contributed by atoms with Crippen molar-refractivity contribution in [3.63, 3.8) is 0 Å². The molecule has 8 heteroatoms. The number of para-hydroxylation sites is 1. The summed E-state index contributed by atoms with van der Waals surface area (Å²) in [6.45, 7) is 0.379. The van der Waals surface area contributed by atoms with Gasteiger partial charge >= 0.3 is 0 Å².